The first-order chi connectivity index (χ1) is 12.0. The number of ether oxygens (including phenoxy) is 4. The van der Waals surface area contributed by atoms with Crippen LogP contribution in [-0.4, -0.2) is 45.2 Å². The molecule has 2 aliphatic heterocycles. The summed E-state index contributed by atoms with van der Waals surface area (Å²) in [6, 6.07) is 6.94. The molecule has 0 saturated carbocycles. The van der Waals surface area contributed by atoms with Crippen molar-refractivity contribution in [3.05, 3.63) is 41.0 Å². The predicted octanol–water partition coefficient (Wildman–Crippen LogP) is 1.29. The minimum atomic E-state index is -1.22. The average Bonchev–Trinajstić information content (AvgIpc) is 2.95. The van der Waals surface area contributed by atoms with E-state index < -0.39 is 23.6 Å². The van der Waals surface area contributed by atoms with Crippen LogP contribution < -0.4 is 4.74 Å². The van der Waals surface area contributed by atoms with Crippen LogP contribution in [0, 0.1) is 0 Å². The molecule has 2 atom stereocenters. The first kappa shape index (κ1) is 17.2. The second kappa shape index (κ2) is 6.33. The van der Waals surface area contributed by atoms with Crippen molar-refractivity contribution in [1.82, 2.24) is 0 Å². The topological polar surface area (TPSA) is 88.1 Å². The highest BCUT2D eigenvalue weighted by molar-refractivity contribution is 6.09. The van der Waals surface area contributed by atoms with Crippen molar-refractivity contribution >= 4 is 17.7 Å². The molecule has 7 heteroatoms. The van der Waals surface area contributed by atoms with Crippen LogP contribution in [0.2, 0.25) is 0 Å². The minimum absolute atomic E-state index is 0.0304. The number of benzene rings is 1. The fourth-order valence-electron chi connectivity index (χ4n) is 3.42. The molecule has 1 saturated heterocycles. The predicted molar refractivity (Wildman–Crippen MR) is 84.8 cm³/mol. The molecule has 2 unspecified atom stereocenters. The number of rotatable bonds is 4. The quantitative estimate of drug-likeness (QED) is 0.759. The standard InChI is InChI=1S/C18H18O7/c1-22-11-6-4-10(5-7-11)18-9-8-12(19)15(25-18)13(16(20)23-2)14(18)17(21)24-3/h4-7,15H,8-9H2,1-3H3. The minimum Gasteiger partial charge on any atom is -0.497 e. The Bertz CT molecular complexity index is 762. The second-order valence-corrected chi connectivity index (χ2v) is 5.79. The molecule has 0 aromatic heterocycles. The van der Waals surface area contributed by atoms with E-state index in [1.807, 2.05) is 0 Å². The van der Waals surface area contributed by atoms with Gasteiger partial charge in [-0.2, -0.15) is 0 Å². The lowest BCUT2D eigenvalue weighted by molar-refractivity contribution is -0.152. The van der Waals surface area contributed by atoms with Crippen LogP contribution in [-0.2, 0) is 34.2 Å². The van der Waals surface area contributed by atoms with Gasteiger partial charge in [-0.25, -0.2) is 9.59 Å². The Labute approximate surface area is 144 Å². The highest BCUT2D eigenvalue weighted by atomic mass is 16.6. The number of Topliss-reactive ketones (excluding diaryl/α,β-unsaturated/α-hetero) is 1. The van der Waals surface area contributed by atoms with Gasteiger partial charge in [0.25, 0.3) is 0 Å². The third-order valence-corrected chi connectivity index (χ3v) is 4.62. The van der Waals surface area contributed by atoms with Gasteiger partial charge in [-0.05, 0) is 24.1 Å². The van der Waals surface area contributed by atoms with Gasteiger partial charge in [0, 0.05) is 6.42 Å². The number of esters is 2. The van der Waals surface area contributed by atoms with Gasteiger partial charge in [0.2, 0.25) is 0 Å². The molecule has 25 heavy (non-hydrogen) atoms. The van der Waals surface area contributed by atoms with Gasteiger partial charge >= 0.3 is 11.9 Å². The van der Waals surface area contributed by atoms with Crippen LogP contribution in [0.1, 0.15) is 18.4 Å². The maximum Gasteiger partial charge on any atom is 0.337 e. The summed E-state index contributed by atoms with van der Waals surface area (Å²) in [7, 11) is 3.96. The summed E-state index contributed by atoms with van der Waals surface area (Å²) in [4.78, 5) is 37.0. The average molecular weight is 346 g/mol. The number of hydrogen-bond donors (Lipinski definition) is 0. The number of methoxy groups -OCH3 is 3. The van der Waals surface area contributed by atoms with E-state index in [1.165, 1.54) is 14.2 Å². The van der Waals surface area contributed by atoms with Crippen molar-refractivity contribution in [2.45, 2.75) is 24.5 Å². The Morgan fingerprint density at radius 3 is 2.28 bits per heavy atom. The van der Waals surface area contributed by atoms with E-state index in [-0.39, 0.29) is 29.8 Å². The van der Waals surface area contributed by atoms with Gasteiger partial charge in [0.1, 0.15) is 11.4 Å². The number of hydrogen-bond acceptors (Lipinski definition) is 7. The molecule has 1 aromatic carbocycles. The number of carbonyl (C=O) groups excluding carboxylic acids is 3. The Morgan fingerprint density at radius 2 is 1.72 bits per heavy atom. The van der Waals surface area contributed by atoms with E-state index in [0.717, 1.165) is 0 Å². The summed E-state index contributed by atoms with van der Waals surface area (Å²) in [6.07, 6.45) is -0.713. The van der Waals surface area contributed by atoms with Gasteiger partial charge in [-0.15, -0.1) is 0 Å². The number of fused-ring (bicyclic) bond motifs is 2. The SMILES string of the molecule is COC(=O)C1=C(C(=O)OC)C2(c3ccc(OC)cc3)CCC(=O)C1O2. The van der Waals surface area contributed by atoms with Crippen molar-refractivity contribution < 1.29 is 33.3 Å². The lowest BCUT2D eigenvalue weighted by atomic mass is 9.82. The van der Waals surface area contributed by atoms with Crippen LogP contribution in [0.25, 0.3) is 0 Å². The zero-order chi connectivity index (χ0) is 18.2. The fourth-order valence-corrected chi connectivity index (χ4v) is 3.42. The summed E-state index contributed by atoms with van der Waals surface area (Å²) in [5, 5.41) is 0. The van der Waals surface area contributed by atoms with E-state index in [0.29, 0.717) is 11.3 Å². The van der Waals surface area contributed by atoms with Gasteiger partial charge in [0.15, 0.2) is 11.9 Å². The van der Waals surface area contributed by atoms with Gasteiger partial charge in [-0.1, -0.05) is 12.1 Å². The normalized spacial score (nSPS) is 24.9. The third-order valence-electron chi connectivity index (χ3n) is 4.62. The molecule has 0 radical (unpaired) electrons. The first-order valence-corrected chi connectivity index (χ1v) is 7.75. The Morgan fingerprint density at radius 1 is 1.08 bits per heavy atom. The van der Waals surface area contributed by atoms with Crippen LogP contribution in [0.5, 0.6) is 5.75 Å². The summed E-state index contributed by atoms with van der Waals surface area (Å²) in [5.74, 6) is -1.11. The zero-order valence-corrected chi connectivity index (χ0v) is 14.2. The van der Waals surface area contributed by atoms with E-state index in [9.17, 15) is 14.4 Å². The number of ketones is 1. The summed E-state index contributed by atoms with van der Waals surface area (Å²) in [6.45, 7) is 0. The van der Waals surface area contributed by atoms with E-state index in [2.05, 4.69) is 0 Å². The van der Waals surface area contributed by atoms with Crippen LogP contribution in [0.15, 0.2) is 35.4 Å². The van der Waals surface area contributed by atoms with Gasteiger partial charge in [0.05, 0.1) is 32.5 Å². The first-order valence-electron chi connectivity index (χ1n) is 7.75. The van der Waals surface area contributed by atoms with Crippen LogP contribution in [0.3, 0.4) is 0 Å². The smallest absolute Gasteiger partial charge is 0.337 e. The van der Waals surface area contributed by atoms with E-state index >= 15 is 0 Å². The Balaban J connectivity index is 2.22. The van der Waals surface area contributed by atoms with Crippen LogP contribution >= 0.6 is 0 Å². The fraction of sp³-hybridized carbons (Fsp3) is 0.389. The largest absolute Gasteiger partial charge is 0.497 e. The molecule has 1 aromatic rings. The highest BCUT2D eigenvalue weighted by Crippen LogP contribution is 2.51. The molecule has 2 heterocycles. The van der Waals surface area contributed by atoms with Crippen molar-refractivity contribution in [1.29, 1.82) is 0 Å². The lowest BCUT2D eigenvalue weighted by Crippen LogP contribution is -2.40. The summed E-state index contributed by atoms with van der Waals surface area (Å²) < 4.78 is 20.8. The van der Waals surface area contributed by atoms with Crippen molar-refractivity contribution in [3.8, 4) is 5.75 Å². The van der Waals surface area contributed by atoms with E-state index in [4.69, 9.17) is 18.9 Å². The molecule has 1 fully saturated rings. The Hall–Kier alpha value is -2.67. The second-order valence-electron chi connectivity index (χ2n) is 5.79. The Kier molecular flexibility index (Phi) is 4.34. The molecule has 3 rings (SSSR count). The zero-order valence-electron chi connectivity index (χ0n) is 14.2. The molecule has 132 valence electrons. The molecule has 0 N–H and O–H groups in total. The molecule has 2 aliphatic rings. The molecule has 2 bridgehead atoms. The maximum absolute atomic E-state index is 12.5. The molecular weight excluding hydrogens is 328 g/mol. The summed E-state index contributed by atoms with van der Waals surface area (Å²) >= 11 is 0. The monoisotopic (exact) mass is 346 g/mol. The molecule has 0 spiro atoms. The van der Waals surface area contributed by atoms with Crippen molar-refractivity contribution in [2.24, 2.45) is 0 Å². The lowest BCUT2D eigenvalue weighted by Gasteiger charge is -2.35. The molecular formula is C18H18O7. The van der Waals surface area contributed by atoms with Crippen molar-refractivity contribution in [3.63, 3.8) is 0 Å². The van der Waals surface area contributed by atoms with Crippen LogP contribution in [0.4, 0.5) is 0 Å². The summed E-state index contributed by atoms with van der Waals surface area (Å²) in [5.41, 5.74) is -0.623. The van der Waals surface area contributed by atoms with Crippen molar-refractivity contribution in [2.75, 3.05) is 21.3 Å². The highest BCUT2D eigenvalue weighted by Gasteiger charge is 2.58. The van der Waals surface area contributed by atoms with Gasteiger partial charge < -0.3 is 18.9 Å². The molecule has 7 nitrogen and oxygen atoms in total. The molecule has 0 amide bonds. The van der Waals surface area contributed by atoms with E-state index in [1.54, 1.807) is 31.4 Å². The third kappa shape index (κ3) is 2.51. The molecule has 0 aliphatic carbocycles. The maximum atomic E-state index is 12.5. The van der Waals surface area contributed by atoms with Gasteiger partial charge in [-0.3, -0.25) is 4.79 Å². The number of carbonyl (C=O) groups is 3.